The molecule has 1 aromatic heterocycles. The van der Waals surface area contributed by atoms with E-state index in [0.717, 1.165) is 70.3 Å². The monoisotopic (exact) mass is 453 g/mol. The van der Waals surface area contributed by atoms with Crippen LogP contribution < -0.4 is 10.1 Å². The summed E-state index contributed by atoms with van der Waals surface area (Å²) in [5.41, 5.74) is 1.68. The van der Waals surface area contributed by atoms with Crippen LogP contribution in [-0.4, -0.2) is 60.3 Å². The van der Waals surface area contributed by atoms with Crippen molar-refractivity contribution in [2.24, 2.45) is 5.92 Å². The van der Waals surface area contributed by atoms with Crippen LogP contribution in [0.25, 0.3) is 0 Å². The van der Waals surface area contributed by atoms with E-state index in [4.69, 9.17) is 9.47 Å². The number of halogens is 2. The summed E-state index contributed by atoms with van der Waals surface area (Å²) in [6.45, 7) is 7.98. The second-order valence-electron chi connectivity index (χ2n) is 9.95. The minimum absolute atomic E-state index is 0.210. The van der Waals surface area contributed by atoms with E-state index in [1.807, 2.05) is 26.8 Å². The predicted octanol–water partition coefficient (Wildman–Crippen LogP) is 4.60. The summed E-state index contributed by atoms with van der Waals surface area (Å²) in [5, 5.41) is 3.01. The Morgan fingerprint density at radius 2 is 1.91 bits per heavy atom. The van der Waals surface area contributed by atoms with Gasteiger partial charge in [0.1, 0.15) is 5.60 Å². The molecule has 1 N–H and O–H groups in total. The van der Waals surface area contributed by atoms with Crippen LogP contribution in [0.1, 0.15) is 64.1 Å². The van der Waals surface area contributed by atoms with Crippen molar-refractivity contribution in [3.05, 3.63) is 23.4 Å². The quantitative estimate of drug-likeness (QED) is 0.654. The van der Waals surface area contributed by atoms with Gasteiger partial charge in [-0.25, -0.2) is 18.6 Å². The van der Waals surface area contributed by atoms with Gasteiger partial charge in [-0.05, 0) is 77.3 Å². The molecule has 1 aromatic rings. The Balaban J connectivity index is 1.37. The maximum absolute atomic E-state index is 12.4. The Hall–Kier alpha value is -1.96. The molecule has 0 bridgehead atoms. The molecule has 1 aliphatic carbocycles. The number of amides is 1. The zero-order valence-corrected chi connectivity index (χ0v) is 19.5. The van der Waals surface area contributed by atoms with Gasteiger partial charge in [-0.3, -0.25) is 0 Å². The highest BCUT2D eigenvalue weighted by Gasteiger charge is 2.25. The van der Waals surface area contributed by atoms with Gasteiger partial charge in [0.2, 0.25) is 5.88 Å². The summed E-state index contributed by atoms with van der Waals surface area (Å²) in [7, 11) is 0. The van der Waals surface area contributed by atoms with Gasteiger partial charge in [0, 0.05) is 37.3 Å². The summed E-state index contributed by atoms with van der Waals surface area (Å²) in [5.74, 6) is 0.971. The number of hydrogen-bond acceptors (Lipinski definition) is 5. The lowest BCUT2D eigenvalue weighted by Gasteiger charge is -2.31. The molecule has 6 nitrogen and oxygen atoms in total. The number of nitrogens with one attached hydrogen (secondary N) is 1. The molecule has 0 atom stereocenters. The van der Waals surface area contributed by atoms with Gasteiger partial charge < -0.3 is 19.7 Å². The SMILES string of the molecule is CC(C)(C)OC(=O)NC1CCC(CCN2CCc3ccc(OCC(F)F)nc3CC2)CC1. The fraction of sp³-hybridized carbons (Fsp3) is 0.750. The van der Waals surface area contributed by atoms with Gasteiger partial charge in [0.25, 0.3) is 6.43 Å². The molecule has 2 aliphatic rings. The Kier molecular flexibility index (Phi) is 8.68. The molecule has 0 spiro atoms. The molecule has 32 heavy (non-hydrogen) atoms. The number of carbonyl (C=O) groups is 1. The number of nitrogens with zero attached hydrogens (tertiary/aromatic N) is 2. The van der Waals surface area contributed by atoms with Gasteiger partial charge in [0.05, 0.1) is 0 Å². The molecule has 0 aromatic carbocycles. The van der Waals surface area contributed by atoms with E-state index >= 15 is 0 Å². The third kappa shape index (κ3) is 8.19. The minimum Gasteiger partial charge on any atom is -0.472 e. The molecule has 3 rings (SSSR count). The first-order valence-corrected chi connectivity index (χ1v) is 11.8. The van der Waals surface area contributed by atoms with Gasteiger partial charge in [-0.2, -0.15) is 0 Å². The van der Waals surface area contributed by atoms with Crippen LogP contribution in [0, 0.1) is 5.92 Å². The molecule has 0 radical (unpaired) electrons. The van der Waals surface area contributed by atoms with Crippen molar-refractivity contribution in [2.45, 2.75) is 83.8 Å². The highest BCUT2D eigenvalue weighted by atomic mass is 19.3. The highest BCUT2D eigenvalue weighted by molar-refractivity contribution is 5.68. The number of carbonyl (C=O) groups excluding carboxylic acids is 1. The molecule has 180 valence electrons. The number of pyridine rings is 1. The fourth-order valence-electron chi connectivity index (χ4n) is 4.50. The number of alkyl carbamates (subject to hydrolysis) is 1. The van der Waals surface area contributed by atoms with Gasteiger partial charge >= 0.3 is 6.09 Å². The van der Waals surface area contributed by atoms with Gasteiger partial charge in [0.15, 0.2) is 6.61 Å². The van der Waals surface area contributed by atoms with E-state index in [9.17, 15) is 13.6 Å². The second-order valence-corrected chi connectivity index (χ2v) is 9.95. The molecule has 1 amide bonds. The number of rotatable bonds is 7. The third-order valence-corrected chi connectivity index (χ3v) is 6.18. The lowest BCUT2D eigenvalue weighted by Crippen LogP contribution is -2.41. The highest BCUT2D eigenvalue weighted by Crippen LogP contribution is 2.28. The number of ether oxygens (including phenoxy) is 2. The lowest BCUT2D eigenvalue weighted by molar-refractivity contribution is 0.0486. The summed E-state index contributed by atoms with van der Waals surface area (Å²) < 4.78 is 35.2. The normalized spacial score (nSPS) is 22.2. The summed E-state index contributed by atoms with van der Waals surface area (Å²) in [4.78, 5) is 18.9. The summed E-state index contributed by atoms with van der Waals surface area (Å²) in [6.07, 6.45) is 4.34. The van der Waals surface area contributed by atoms with E-state index in [1.54, 1.807) is 6.07 Å². The molecule has 1 aliphatic heterocycles. The fourth-order valence-corrected chi connectivity index (χ4v) is 4.50. The number of fused-ring (bicyclic) bond motifs is 1. The van der Waals surface area contributed by atoms with Crippen molar-refractivity contribution in [2.75, 3.05) is 26.2 Å². The van der Waals surface area contributed by atoms with Crippen molar-refractivity contribution in [1.29, 1.82) is 0 Å². The van der Waals surface area contributed by atoms with Crippen molar-refractivity contribution in [1.82, 2.24) is 15.2 Å². The zero-order chi connectivity index (χ0) is 23.1. The van der Waals surface area contributed by atoms with Crippen molar-refractivity contribution in [3.8, 4) is 5.88 Å². The zero-order valence-electron chi connectivity index (χ0n) is 19.5. The maximum Gasteiger partial charge on any atom is 0.407 e. The Labute approximate surface area is 190 Å². The van der Waals surface area contributed by atoms with E-state index < -0.39 is 18.6 Å². The van der Waals surface area contributed by atoms with Crippen molar-refractivity contribution in [3.63, 3.8) is 0 Å². The van der Waals surface area contributed by atoms with Crippen LogP contribution in [0.15, 0.2) is 12.1 Å². The van der Waals surface area contributed by atoms with E-state index in [0.29, 0.717) is 5.92 Å². The topological polar surface area (TPSA) is 63.7 Å². The molecule has 1 saturated carbocycles. The molecule has 8 heteroatoms. The van der Waals surface area contributed by atoms with E-state index in [-0.39, 0.29) is 18.0 Å². The average Bonchev–Trinajstić information content (AvgIpc) is 2.92. The largest absolute Gasteiger partial charge is 0.472 e. The second kappa shape index (κ2) is 11.3. The predicted molar refractivity (Wildman–Crippen MR) is 119 cm³/mol. The van der Waals surface area contributed by atoms with Crippen molar-refractivity contribution >= 4 is 6.09 Å². The van der Waals surface area contributed by atoms with E-state index in [2.05, 4.69) is 15.2 Å². The van der Waals surface area contributed by atoms with Gasteiger partial charge in [-0.1, -0.05) is 6.07 Å². The number of alkyl halides is 2. The van der Waals surface area contributed by atoms with Crippen LogP contribution in [-0.2, 0) is 17.6 Å². The maximum atomic E-state index is 12.4. The van der Waals surface area contributed by atoms with Crippen LogP contribution in [0.3, 0.4) is 0 Å². The molecule has 0 saturated heterocycles. The molecule has 2 heterocycles. The Bertz CT molecular complexity index is 746. The summed E-state index contributed by atoms with van der Waals surface area (Å²) >= 11 is 0. The van der Waals surface area contributed by atoms with Crippen molar-refractivity contribution < 1.29 is 23.0 Å². The first-order chi connectivity index (χ1) is 15.2. The number of hydrogen-bond donors (Lipinski definition) is 1. The molecular weight excluding hydrogens is 416 g/mol. The first-order valence-electron chi connectivity index (χ1n) is 11.8. The third-order valence-electron chi connectivity index (χ3n) is 6.18. The lowest BCUT2D eigenvalue weighted by atomic mass is 9.84. The first kappa shape index (κ1) is 24.7. The number of aromatic nitrogens is 1. The van der Waals surface area contributed by atoms with Crippen LogP contribution in [0.2, 0.25) is 0 Å². The van der Waals surface area contributed by atoms with Crippen LogP contribution >= 0.6 is 0 Å². The molecule has 0 unspecified atom stereocenters. The smallest absolute Gasteiger partial charge is 0.407 e. The van der Waals surface area contributed by atoms with E-state index in [1.165, 1.54) is 5.56 Å². The Morgan fingerprint density at radius 3 is 2.59 bits per heavy atom. The Morgan fingerprint density at radius 1 is 1.19 bits per heavy atom. The average molecular weight is 454 g/mol. The van der Waals surface area contributed by atoms with Gasteiger partial charge in [-0.15, -0.1) is 0 Å². The summed E-state index contributed by atoms with van der Waals surface area (Å²) in [6, 6.07) is 3.87. The standard InChI is InChI=1S/C24H37F2N3O3/c1-24(2,3)32-23(30)27-19-7-4-17(5-8-19)10-13-29-14-11-18-6-9-22(31-16-21(25)26)28-20(18)12-15-29/h6,9,17,19,21H,4-5,7-8,10-16H2,1-3H3,(H,27,30). The minimum atomic E-state index is -2.49. The molecular formula is C24H37F2N3O3. The van der Waals surface area contributed by atoms with Crippen LogP contribution in [0.4, 0.5) is 13.6 Å². The van der Waals surface area contributed by atoms with Crippen LogP contribution in [0.5, 0.6) is 5.88 Å². The molecule has 1 fully saturated rings.